The first-order valence-electron chi connectivity index (χ1n) is 9.57. The Morgan fingerprint density at radius 3 is 2.66 bits per heavy atom. The summed E-state index contributed by atoms with van der Waals surface area (Å²) in [4.78, 5) is 14.2. The van der Waals surface area contributed by atoms with Crippen LogP contribution in [0.4, 0.5) is 10.1 Å². The molecule has 3 aliphatic rings. The minimum Gasteiger partial charge on any atom is -0.484 e. The lowest BCUT2D eigenvalue weighted by Crippen LogP contribution is -2.79. The number of ether oxygens (including phenoxy) is 2. The fraction of sp³-hybridized carbons (Fsp3) is 0.409. The van der Waals surface area contributed by atoms with Crippen LogP contribution in [0.15, 0.2) is 42.5 Å². The third kappa shape index (κ3) is 4.19. The number of hydrogen-bond donors (Lipinski definition) is 1. The van der Waals surface area contributed by atoms with Crippen molar-refractivity contribution < 1.29 is 18.7 Å². The Bertz CT molecular complexity index is 914. The Morgan fingerprint density at radius 1 is 1.21 bits per heavy atom. The maximum Gasteiger partial charge on any atom is 0.258 e. The van der Waals surface area contributed by atoms with E-state index in [1.54, 1.807) is 0 Å². The standard InChI is InChI=1S/C22H24ClFN2O3/c1-26(2)16-5-3-4-15(8-16)10-29-22-12-21(13-22,14-22)25-20(27)11-28-17-6-7-18(23)19(24)9-17/h3-9H,10-14H2,1-2H3,(H,25,27). The van der Waals surface area contributed by atoms with E-state index in [1.165, 1.54) is 18.2 Å². The smallest absolute Gasteiger partial charge is 0.258 e. The topological polar surface area (TPSA) is 50.8 Å². The number of carbonyl (C=O) groups excluding carboxylic acids is 1. The second kappa shape index (κ2) is 7.50. The quantitative estimate of drug-likeness (QED) is 0.705. The molecule has 1 N–H and O–H groups in total. The van der Waals surface area contributed by atoms with Gasteiger partial charge in [0.1, 0.15) is 11.6 Å². The van der Waals surface area contributed by atoms with E-state index in [1.807, 2.05) is 20.2 Å². The number of rotatable bonds is 8. The van der Waals surface area contributed by atoms with Crippen molar-refractivity contribution in [1.82, 2.24) is 5.32 Å². The number of nitrogens with one attached hydrogen (secondary N) is 1. The van der Waals surface area contributed by atoms with Crippen LogP contribution in [-0.4, -0.2) is 37.7 Å². The molecule has 5 nitrogen and oxygen atoms in total. The van der Waals surface area contributed by atoms with Gasteiger partial charge in [0.05, 0.1) is 17.2 Å². The van der Waals surface area contributed by atoms with Gasteiger partial charge >= 0.3 is 0 Å². The van der Waals surface area contributed by atoms with E-state index in [4.69, 9.17) is 21.1 Å². The van der Waals surface area contributed by atoms with Crippen LogP contribution in [0.25, 0.3) is 0 Å². The highest BCUT2D eigenvalue weighted by Gasteiger charge is 2.69. The van der Waals surface area contributed by atoms with Gasteiger partial charge < -0.3 is 19.7 Å². The Kier molecular flexibility index (Phi) is 5.17. The Morgan fingerprint density at radius 2 is 1.97 bits per heavy atom. The van der Waals surface area contributed by atoms with Crippen LogP contribution in [0, 0.1) is 5.82 Å². The molecule has 3 saturated carbocycles. The minimum absolute atomic E-state index is 0.0226. The molecular weight excluding hydrogens is 395 g/mol. The van der Waals surface area contributed by atoms with Crippen molar-refractivity contribution in [2.45, 2.75) is 37.0 Å². The van der Waals surface area contributed by atoms with Gasteiger partial charge in [-0.25, -0.2) is 4.39 Å². The summed E-state index contributed by atoms with van der Waals surface area (Å²) in [6, 6.07) is 12.4. The van der Waals surface area contributed by atoms with Gasteiger partial charge in [0.2, 0.25) is 0 Å². The van der Waals surface area contributed by atoms with Gasteiger partial charge in [-0.05, 0) is 49.1 Å². The molecule has 2 bridgehead atoms. The van der Waals surface area contributed by atoms with Crippen LogP contribution in [-0.2, 0) is 16.1 Å². The zero-order chi connectivity index (χ0) is 20.6. The van der Waals surface area contributed by atoms with E-state index in [0.717, 1.165) is 30.5 Å². The second-order valence-corrected chi connectivity index (χ2v) is 8.67. The summed E-state index contributed by atoms with van der Waals surface area (Å²) in [6.07, 6.45) is 2.44. The average molecular weight is 419 g/mol. The molecule has 5 rings (SSSR count). The third-order valence-corrected chi connectivity index (χ3v) is 5.93. The van der Waals surface area contributed by atoms with Crippen LogP contribution in [0.2, 0.25) is 5.02 Å². The molecule has 29 heavy (non-hydrogen) atoms. The van der Waals surface area contributed by atoms with Gasteiger partial charge in [0.25, 0.3) is 5.91 Å². The summed E-state index contributed by atoms with van der Waals surface area (Å²) < 4.78 is 24.9. The Hall–Kier alpha value is -2.31. The molecule has 0 atom stereocenters. The van der Waals surface area contributed by atoms with E-state index in [2.05, 4.69) is 28.4 Å². The third-order valence-electron chi connectivity index (χ3n) is 5.62. The zero-order valence-electron chi connectivity index (χ0n) is 16.5. The maximum absolute atomic E-state index is 13.4. The van der Waals surface area contributed by atoms with E-state index >= 15 is 0 Å². The van der Waals surface area contributed by atoms with Gasteiger partial charge in [-0.15, -0.1) is 0 Å². The number of anilines is 1. The summed E-state index contributed by atoms with van der Waals surface area (Å²) in [6.45, 7) is 0.408. The Labute approximate surface area is 174 Å². The van der Waals surface area contributed by atoms with Gasteiger partial charge in [-0.1, -0.05) is 23.7 Å². The molecule has 0 spiro atoms. The van der Waals surface area contributed by atoms with E-state index in [9.17, 15) is 9.18 Å². The number of hydrogen-bond acceptors (Lipinski definition) is 4. The van der Waals surface area contributed by atoms with Crippen molar-refractivity contribution in [2.24, 2.45) is 0 Å². The number of amides is 1. The first-order valence-corrected chi connectivity index (χ1v) is 9.95. The lowest BCUT2D eigenvalue weighted by molar-refractivity contribution is -0.256. The van der Waals surface area contributed by atoms with Gasteiger partial charge in [-0.2, -0.15) is 0 Å². The average Bonchev–Trinajstić information content (AvgIpc) is 2.63. The summed E-state index contributed by atoms with van der Waals surface area (Å²) in [5.74, 6) is -0.508. The molecule has 0 heterocycles. The molecule has 7 heteroatoms. The SMILES string of the molecule is CN(C)c1cccc(COC23CC(NC(=O)COc4ccc(Cl)c(F)c4)(C2)C3)c1. The summed E-state index contributed by atoms with van der Waals surface area (Å²) in [5.41, 5.74) is 1.98. The van der Waals surface area contributed by atoms with Crippen molar-refractivity contribution in [2.75, 3.05) is 25.6 Å². The highest BCUT2D eigenvalue weighted by atomic mass is 35.5. The summed E-state index contributed by atoms with van der Waals surface area (Å²) >= 11 is 5.64. The molecule has 0 aromatic heterocycles. The Balaban J connectivity index is 1.21. The van der Waals surface area contributed by atoms with Crippen LogP contribution in [0.3, 0.4) is 0 Å². The van der Waals surface area contributed by atoms with Crippen LogP contribution >= 0.6 is 11.6 Å². The number of benzene rings is 2. The molecular formula is C22H24ClFN2O3. The van der Waals surface area contributed by atoms with E-state index < -0.39 is 5.82 Å². The molecule has 154 valence electrons. The van der Waals surface area contributed by atoms with Gasteiger partial charge in [0, 0.05) is 31.4 Å². The number of nitrogens with zero attached hydrogens (tertiary/aromatic N) is 1. The highest BCUT2D eigenvalue weighted by molar-refractivity contribution is 6.30. The monoisotopic (exact) mass is 418 g/mol. The minimum atomic E-state index is -0.570. The van der Waals surface area contributed by atoms with Crippen molar-refractivity contribution in [3.63, 3.8) is 0 Å². The fourth-order valence-electron chi connectivity index (χ4n) is 4.19. The highest BCUT2D eigenvalue weighted by Crippen LogP contribution is 2.62. The zero-order valence-corrected chi connectivity index (χ0v) is 17.3. The first-order chi connectivity index (χ1) is 13.8. The second-order valence-electron chi connectivity index (χ2n) is 8.26. The number of halogens is 2. The van der Waals surface area contributed by atoms with Crippen LogP contribution in [0.5, 0.6) is 5.75 Å². The molecule has 3 aliphatic carbocycles. The molecule has 0 unspecified atom stereocenters. The predicted octanol–water partition coefficient (Wildman–Crippen LogP) is 3.93. The predicted molar refractivity (Wildman–Crippen MR) is 110 cm³/mol. The van der Waals surface area contributed by atoms with Crippen molar-refractivity contribution in [3.05, 3.63) is 58.9 Å². The molecule has 2 aromatic carbocycles. The normalized spacial score (nSPS) is 24.3. The van der Waals surface area contributed by atoms with Crippen LogP contribution < -0.4 is 15.0 Å². The first kappa shape index (κ1) is 20.0. The van der Waals surface area contributed by atoms with E-state index in [0.29, 0.717) is 6.61 Å². The lowest BCUT2D eigenvalue weighted by atomic mass is 9.46. The number of carbonyl (C=O) groups is 1. The van der Waals surface area contributed by atoms with Crippen molar-refractivity contribution in [1.29, 1.82) is 0 Å². The molecule has 0 aliphatic heterocycles. The van der Waals surface area contributed by atoms with Crippen molar-refractivity contribution in [3.8, 4) is 5.75 Å². The summed E-state index contributed by atoms with van der Waals surface area (Å²) in [5, 5.41) is 3.05. The van der Waals surface area contributed by atoms with Crippen LogP contribution in [0.1, 0.15) is 24.8 Å². The maximum atomic E-state index is 13.4. The van der Waals surface area contributed by atoms with Crippen molar-refractivity contribution >= 4 is 23.2 Å². The molecule has 0 saturated heterocycles. The molecule has 3 fully saturated rings. The largest absolute Gasteiger partial charge is 0.484 e. The lowest BCUT2D eigenvalue weighted by Gasteiger charge is -2.69. The molecule has 0 radical (unpaired) electrons. The van der Waals surface area contributed by atoms with Gasteiger partial charge in [-0.3, -0.25) is 4.79 Å². The molecule has 1 amide bonds. The summed E-state index contributed by atoms with van der Waals surface area (Å²) in [7, 11) is 4.03. The molecule has 2 aromatic rings. The van der Waals surface area contributed by atoms with E-state index in [-0.39, 0.29) is 34.4 Å². The van der Waals surface area contributed by atoms with Gasteiger partial charge in [0.15, 0.2) is 6.61 Å². The fourth-order valence-corrected chi connectivity index (χ4v) is 4.31.